The first kappa shape index (κ1) is 12.8. The second-order valence-electron chi connectivity index (χ2n) is 4.29. The van der Waals surface area contributed by atoms with Crippen LogP contribution in [0, 0.1) is 0 Å². The summed E-state index contributed by atoms with van der Waals surface area (Å²) in [7, 11) is 0. The second-order valence-corrected chi connectivity index (χ2v) is 5.43. The molecule has 1 fully saturated rings. The molecule has 1 aliphatic heterocycles. The van der Waals surface area contributed by atoms with Gasteiger partial charge in [-0.25, -0.2) is 0 Å². The summed E-state index contributed by atoms with van der Waals surface area (Å²) in [5.74, 6) is 0.289. The molecule has 0 saturated carbocycles. The van der Waals surface area contributed by atoms with Gasteiger partial charge in [-0.05, 0) is 0 Å². The van der Waals surface area contributed by atoms with Crippen LogP contribution < -0.4 is 5.73 Å². The monoisotopic (exact) mass is 330 g/mol. The van der Waals surface area contributed by atoms with E-state index in [9.17, 15) is 5.11 Å². The Bertz CT molecular complexity index is 606. The molecule has 0 aliphatic carbocycles. The number of nitrogen functional groups attached to an aromatic ring is 1. The van der Waals surface area contributed by atoms with Gasteiger partial charge in [0, 0.05) is 0 Å². The van der Waals surface area contributed by atoms with Crippen LogP contribution in [0.1, 0.15) is 6.23 Å². The number of aliphatic hydroxyl groups excluding tert-OH is 2. The fraction of sp³-hybridized carbons (Fsp3) is 0.500. The Labute approximate surface area is 116 Å². The zero-order valence-corrected chi connectivity index (χ0v) is 11.5. The van der Waals surface area contributed by atoms with Crippen LogP contribution in [-0.4, -0.2) is 64.6 Å². The first-order chi connectivity index (χ1) is 9.13. The van der Waals surface area contributed by atoms with Gasteiger partial charge in [-0.3, -0.25) is 0 Å². The molecule has 9 heteroatoms. The normalized spacial score (nSPS) is 31.1. The molecule has 101 valence electrons. The zero-order chi connectivity index (χ0) is 13.6. The number of rotatable bonds is 2. The number of nitrogens with two attached hydrogens (primary N) is 1. The van der Waals surface area contributed by atoms with Gasteiger partial charge in [-0.1, -0.05) is 0 Å². The molecule has 0 bridgehead atoms. The van der Waals surface area contributed by atoms with Crippen molar-refractivity contribution in [3.63, 3.8) is 0 Å². The van der Waals surface area contributed by atoms with Crippen LogP contribution in [0.25, 0.3) is 11.2 Å². The first-order valence-corrected chi connectivity index (χ1v) is 6.65. The molecular formula is C10H12N5O3Se. The second kappa shape index (κ2) is 4.69. The molecule has 4 N–H and O–H groups in total. The van der Waals surface area contributed by atoms with Crippen molar-refractivity contribution in [2.45, 2.75) is 23.3 Å². The molecule has 19 heavy (non-hydrogen) atoms. The SMILES string of the molecule is Nc1ncnc2c1ncn2[C@@H]1O[C@H](CO)[C@H](O)C1[Se]. The van der Waals surface area contributed by atoms with Crippen LogP contribution >= 0.6 is 0 Å². The predicted octanol–water partition coefficient (Wildman–Crippen LogP) is -1.38. The van der Waals surface area contributed by atoms with Crippen molar-refractivity contribution >= 4 is 33.0 Å². The molecule has 0 aromatic carbocycles. The third-order valence-electron chi connectivity index (χ3n) is 3.15. The number of anilines is 1. The third kappa shape index (κ3) is 1.90. The maximum atomic E-state index is 9.95. The molecule has 1 unspecified atom stereocenters. The van der Waals surface area contributed by atoms with Crippen LogP contribution in [0.2, 0.25) is 4.82 Å². The topological polar surface area (TPSA) is 119 Å². The third-order valence-corrected chi connectivity index (χ3v) is 4.23. The number of aliphatic hydroxyl groups is 2. The van der Waals surface area contributed by atoms with Gasteiger partial charge < -0.3 is 0 Å². The van der Waals surface area contributed by atoms with Gasteiger partial charge in [-0.15, -0.1) is 0 Å². The van der Waals surface area contributed by atoms with Crippen molar-refractivity contribution in [1.82, 2.24) is 19.5 Å². The molecule has 4 atom stereocenters. The molecule has 8 nitrogen and oxygen atoms in total. The number of fused-ring (bicyclic) bond motifs is 1. The van der Waals surface area contributed by atoms with Crippen LogP contribution in [0.5, 0.6) is 0 Å². The van der Waals surface area contributed by atoms with Gasteiger partial charge >= 0.3 is 116 Å². The summed E-state index contributed by atoms with van der Waals surface area (Å²) in [6.07, 6.45) is 0.974. The molecule has 1 aliphatic rings. The van der Waals surface area contributed by atoms with Crippen molar-refractivity contribution < 1.29 is 14.9 Å². The van der Waals surface area contributed by atoms with Gasteiger partial charge in [0.15, 0.2) is 0 Å². The Morgan fingerprint density at radius 2 is 2.21 bits per heavy atom. The Kier molecular flexibility index (Phi) is 3.15. The number of aromatic nitrogens is 4. The summed E-state index contributed by atoms with van der Waals surface area (Å²) in [4.78, 5) is 11.8. The van der Waals surface area contributed by atoms with E-state index in [2.05, 4.69) is 31.0 Å². The Morgan fingerprint density at radius 3 is 2.89 bits per heavy atom. The molecule has 0 spiro atoms. The van der Waals surface area contributed by atoms with Crippen molar-refractivity contribution in [2.75, 3.05) is 12.3 Å². The molecule has 2 aromatic rings. The van der Waals surface area contributed by atoms with Crippen LogP contribution in [-0.2, 0) is 4.74 Å². The zero-order valence-electron chi connectivity index (χ0n) is 9.75. The van der Waals surface area contributed by atoms with Crippen LogP contribution in [0.4, 0.5) is 5.82 Å². The predicted molar refractivity (Wildman–Crippen MR) is 66.2 cm³/mol. The molecule has 0 amide bonds. The Balaban J connectivity index is 2.04. The van der Waals surface area contributed by atoms with E-state index in [-0.39, 0.29) is 17.2 Å². The number of hydrogen-bond acceptors (Lipinski definition) is 7. The van der Waals surface area contributed by atoms with Crippen LogP contribution in [0.3, 0.4) is 0 Å². The summed E-state index contributed by atoms with van der Waals surface area (Å²) >= 11 is 2.86. The van der Waals surface area contributed by atoms with E-state index in [0.29, 0.717) is 11.2 Å². The minimum atomic E-state index is -0.786. The van der Waals surface area contributed by atoms with Crippen LogP contribution in [0.15, 0.2) is 12.7 Å². The van der Waals surface area contributed by atoms with Crippen molar-refractivity contribution in [1.29, 1.82) is 0 Å². The average Bonchev–Trinajstić information content (AvgIpc) is 2.94. The van der Waals surface area contributed by atoms with E-state index in [1.807, 2.05) is 0 Å². The fourth-order valence-corrected chi connectivity index (χ4v) is 2.93. The molecule has 2 aromatic heterocycles. The summed E-state index contributed by atoms with van der Waals surface area (Å²) in [5, 5.41) is 19.1. The van der Waals surface area contributed by atoms with Crippen molar-refractivity contribution in [2.24, 2.45) is 0 Å². The number of ether oxygens (including phenoxy) is 1. The fourth-order valence-electron chi connectivity index (χ4n) is 2.15. The van der Waals surface area contributed by atoms with Gasteiger partial charge in [0.1, 0.15) is 0 Å². The van der Waals surface area contributed by atoms with E-state index in [1.165, 1.54) is 12.7 Å². The summed E-state index contributed by atoms with van der Waals surface area (Å²) in [6.45, 7) is -0.250. The van der Waals surface area contributed by atoms with Crippen molar-refractivity contribution in [3.8, 4) is 0 Å². The number of hydrogen-bond donors (Lipinski definition) is 3. The van der Waals surface area contributed by atoms with E-state index in [1.54, 1.807) is 4.57 Å². The van der Waals surface area contributed by atoms with E-state index >= 15 is 0 Å². The molecule has 1 saturated heterocycles. The van der Waals surface area contributed by atoms with Gasteiger partial charge in [0.2, 0.25) is 0 Å². The molecule has 1 radical (unpaired) electrons. The van der Waals surface area contributed by atoms with Gasteiger partial charge in [-0.2, -0.15) is 0 Å². The molecular weight excluding hydrogens is 317 g/mol. The van der Waals surface area contributed by atoms with E-state index < -0.39 is 18.4 Å². The minimum absolute atomic E-state index is 0.250. The summed E-state index contributed by atoms with van der Waals surface area (Å²) < 4.78 is 7.29. The summed E-state index contributed by atoms with van der Waals surface area (Å²) in [6, 6.07) is 0. The Hall–Kier alpha value is -1.25. The average molecular weight is 329 g/mol. The summed E-state index contributed by atoms with van der Waals surface area (Å²) in [5.41, 5.74) is 6.74. The van der Waals surface area contributed by atoms with Crippen molar-refractivity contribution in [3.05, 3.63) is 12.7 Å². The molecule has 3 rings (SSSR count). The van der Waals surface area contributed by atoms with E-state index in [4.69, 9.17) is 15.6 Å². The standard InChI is InChI=1S/C10H12N5O3Se/c11-8-5-9(13-2-12-8)15(3-14-5)10-7(19)6(17)4(1-16)18-10/h2-4,6-7,10,16-17H,1H2,(H2,11,12,13)/t4-,6+,7?,10-/m1/s1. The van der Waals surface area contributed by atoms with E-state index in [0.717, 1.165) is 0 Å². The maximum absolute atomic E-state index is 9.95. The quantitative estimate of drug-likeness (QED) is 0.581. The first-order valence-electron chi connectivity index (χ1n) is 5.66. The molecule has 3 heterocycles. The number of imidazole rings is 1. The number of nitrogens with zero attached hydrogens (tertiary/aromatic N) is 4. The van der Waals surface area contributed by atoms with Gasteiger partial charge in [0.05, 0.1) is 0 Å². The van der Waals surface area contributed by atoms with Gasteiger partial charge in [0.25, 0.3) is 0 Å². The Morgan fingerprint density at radius 1 is 1.42 bits per heavy atom.